The summed E-state index contributed by atoms with van der Waals surface area (Å²) in [5.74, 6) is 0.603. The Balaban J connectivity index is 1.96. The van der Waals surface area contributed by atoms with Gasteiger partial charge in [0.15, 0.2) is 0 Å². The minimum Gasteiger partial charge on any atom is -0.494 e. The van der Waals surface area contributed by atoms with E-state index in [1.54, 1.807) is 13.0 Å². The normalized spacial score (nSPS) is 10.9. The molecule has 0 fully saturated rings. The van der Waals surface area contributed by atoms with E-state index in [2.05, 4.69) is 19.1 Å². The van der Waals surface area contributed by atoms with Crippen LogP contribution in [0.3, 0.4) is 0 Å². The lowest BCUT2D eigenvalue weighted by Gasteiger charge is -2.08. The Labute approximate surface area is 139 Å². The van der Waals surface area contributed by atoms with Crippen LogP contribution in [0.25, 0.3) is 0 Å². The summed E-state index contributed by atoms with van der Waals surface area (Å²) in [7, 11) is 0. The number of hydrogen-bond acceptors (Lipinski definition) is 4. The maximum atomic E-state index is 11.0. The van der Waals surface area contributed by atoms with Gasteiger partial charge in [0.05, 0.1) is 13.2 Å². The molecule has 0 heterocycles. The second-order valence-electron chi connectivity index (χ2n) is 5.23. The lowest BCUT2D eigenvalue weighted by atomic mass is 10.1. The third-order valence-corrected chi connectivity index (χ3v) is 3.14. The van der Waals surface area contributed by atoms with Gasteiger partial charge in [0.2, 0.25) is 0 Å². The summed E-state index contributed by atoms with van der Waals surface area (Å²) in [5.41, 5.74) is 1.35. The Morgan fingerprint density at radius 2 is 1.74 bits per heavy atom. The molecule has 0 bridgehead atoms. The van der Waals surface area contributed by atoms with E-state index in [4.69, 9.17) is 14.2 Å². The van der Waals surface area contributed by atoms with Crippen molar-refractivity contribution in [1.29, 1.82) is 0 Å². The second kappa shape index (κ2) is 12.7. The van der Waals surface area contributed by atoms with Gasteiger partial charge in [0.1, 0.15) is 5.75 Å². The Morgan fingerprint density at radius 3 is 2.39 bits per heavy atom. The van der Waals surface area contributed by atoms with Crippen molar-refractivity contribution in [3.05, 3.63) is 42.0 Å². The molecule has 0 aliphatic heterocycles. The van der Waals surface area contributed by atoms with Crippen LogP contribution in [0, 0.1) is 0 Å². The summed E-state index contributed by atoms with van der Waals surface area (Å²) in [4.78, 5) is 11.0. The van der Waals surface area contributed by atoms with E-state index in [1.165, 1.54) is 11.6 Å². The predicted molar refractivity (Wildman–Crippen MR) is 91.8 cm³/mol. The van der Waals surface area contributed by atoms with Crippen LogP contribution in [0.5, 0.6) is 5.75 Å². The van der Waals surface area contributed by atoms with Crippen LogP contribution >= 0.6 is 0 Å². The largest absolute Gasteiger partial charge is 0.494 e. The fourth-order valence-corrected chi connectivity index (χ4v) is 2.01. The van der Waals surface area contributed by atoms with Gasteiger partial charge in [-0.15, -0.1) is 0 Å². The summed E-state index contributed by atoms with van der Waals surface area (Å²) in [6.07, 6.45) is 6.89. The van der Waals surface area contributed by atoms with E-state index in [0.29, 0.717) is 32.8 Å². The zero-order chi connectivity index (χ0) is 16.8. The molecule has 0 amide bonds. The quantitative estimate of drug-likeness (QED) is 0.332. The number of carbonyl (C=O) groups excluding carboxylic acids is 1. The molecule has 128 valence electrons. The number of carbonyl (C=O) groups is 1. The molecule has 0 radical (unpaired) electrons. The number of aryl methyl sites for hydroxylation is 1. The summed E-state index contributed by atoms with van der Waals surface area (Å²) in [6, 6.07) is 8.27. The van der Waals surface area contributed by atoms with Crippen LogP contribution in [-0.2, 0) is 20.7 Å². The fraction of sp³-hybridized carbons (Fsp3) is 0.526. The van der Waals surface area contributed by atoms with Gasteiger partial charge in [-0.25, -0.2) is 4.79 Å². The maximum Gasteiger partial charge on any atom is 0.330 e. The Bertz CT molecular complexity index is 451. The first kappa shape index (κ1) is 19.2. The van der Waals surface area contributed by atoms with E-state index in [9.17, 15) is 4.79 Å². The molecule has 0 aliphatic carbocycles. The van der Waals surface area contributed by atoms with Crippen molar-refractivity contribution in [1.82, 2.24) is 0 Å². The molecule has 0 saturated heterocycles. The van der Waals surface area contributed by atoms with Crippen LogP contribution in [0.15, 0.2) is 36.4 Å². The highest BCUT2D eigenvalue weighted by Gasteiger charge is 1.97. The van der Waals surface area contributed by atoms with Gasteiger partial charge < -0.3 is 14.2 Å². The Kier molecular flexibility index (Phi) is 10.6. The molecule has 1 aromatic carbocycles. The average molecular weight is 320 g/mol. The number of esters is 1. The highest BCUT2D eigenvalue weighted by molar-refractivity contribution is 5.81. The molecule has 0 atom stereocenters. The van der Waals surface area contributed by atoms with E-state index in [0.717, 1.165) is 25.0 Å². The predicted octanol–water partition coefficient (Wildman–Crippen LogP) is 3.93. The molecule has 0 unspecified atom stereocenters. The van der Waals surface area contributed by atoms with Gasteiger partial charge in [0.25, 0.3) is 0 Å². The first-order valence-electron chi connectivity index (χ1n) is 8.35. The molecule has 23 heavy (non-hydrogen) atoms. The first-order chi connectivity index (χ1) is 11.3. The molecule has 1 aromatic rings. The Morgan fingerprint density at radius 1 is 1.04 bits per heavy atom. The number of ether oxygens (including phenoxy) is 3. The summed E-state index contributed by atoms with van der Waals surface area (Å²) in [5, 5.41) is 0. The van der Waals surface area contributed by atoms with Gasteiger partial charge in [-0.1, -0.05) is 31.6 Å². The van der Waals surface area contributed by atoms with Crippen LogP contribution < -0.4 is 4.74 Å². The summed E-state index contributed by atoms with van der Waals surface area (Å²) < 4.78 is 16.1. The van der Waals surface area contributed by atoms with E-state index in [1.807, 2.05) is 12.1 Å². The van der Waals surface area contributed by atoms with Crippen molar-refractivity contribution < 1.29 is 19.0 Å². The number of hydrogen-bond donors (Lipinski definition) is 0. The van der Waals surface area contributed by atoms with Crippen molar-refractivity contribution in [3.63, 3.8) is 0 Å². The minimum atomic E-state index is -0.300. The third kappa shape index (κ3) is 9.74. The van der Waals surface area contributed by atoms with E-state index in [-0.39, 0.29) is 5.97 Å². The van der Waals surface area contributed by atoms with Crippen LogP contribution in [0.4, 0.5) is 0 Å². The van der Waals surface area contributed by atoms with Crippen LogP contribution in [0.1, 0.15) is 38.7 Å². The Hall–Kier alpha value is -1.81. The average Bonchev–Trinajstić information content (AvgIpc) is 2.55. The summed E-state index contributed by atoms with van der Waals surface area (Å²) in [6.45, 7) is 6.24. The van der Waals surface area contributed by atoms with Crippen molar-refractivity contribution in [2.75, 3.05) is 26.4 Å². The number of rotatable bonds is 12. The maximum absolute atomic E-state index is 11.0. The minimum absolute atomic E-state index is 0.300. The molecule has 0 N–H and O–H groups in total. The molecule has 4 heteroatoms. The van der Waals surface area contributed by atoms with Crippen molar-refractivity contribution in [3.8, 4) is 5.75 Å². The van der Waals surface area contributed by atoms with Gasteiger partial charge in [-0.3, -0.25) is 0 Å². The summed E-state index contributed by atoms with van der Waals surface area (Å²) >= 11 is 0. The van der Waals surface area contributed by atoms with Gasteiger partial charge >= 0.3 is 5.97 Å². The van der Waals surface area contributed by atoms with E-state index >= 15 is 0 Å². The highest BCUT2D eigenvalue weighted by atomic mass is 16.5. The topological polar surface area (TPSA) is 44.8 Å². The molecular formula is C19H28O4. The monoisotopic (exact) mass is 320 g/mol. The molecule has 0 aromatic heterocycles. The highest BCUT2D eigenvalue weighted by Crippen LogP contribution is 2.13. The molecule has 1 rings (SSSR count). The standard InChI is InChI=1S/C19H28O4/c1-3-7-17-9-11-18(12-10-17)22-15-5-13-21-14-6-16-23-19(20)8-4-2/h4,8-12H,3,5-7,13-16H2,1-2H3. The SMILES string of the molecule is CC=CC(=O)OCCCOCCCOc1ccc(CCC)cc1. The molecule has 0 aliphatic rings. The van der Waals surface area contributed by atoms with Crippen molar-refractivity contribution in [2.45, 2.75) is 39.5 Å². The van der Waals surface area contributed by atoms with Crippen LogP contribution in [-0.4, -0.2) is 32.4 Å². The third-order valence-electron chi connectivity index (χ3n) is 3.14. The van der Waals surface area contributed by atoms with Gasteiger partial charge in [-0.05, 0) is 31.0 Å². The van der Waals surface area contributed by atoms with E-state index < -0.39 is 0 Å². The zero-order valence-electron chi connectivity index (χ0n) is 14.3. The zero-order valence-corrected chi connectivity index (χ0v) is 14.3. The molecular weight excluding hydrogens is 292 g/mol. The molecule has 0 spiro atoms. The lowest BCUT2D eigenvalue weighted by Crippen LogP contribution is -2.07. The fourth-order valence-electron chi connectivity index (χ4n) is 2.01. The second-order valence-corrected chi connectivity index (χ2v) is 5.23. The molecule has 4 nitrogen and oxygen atoms in total. The van der Waals surface area contributed by atoms with Crippen molar-refractivity contribution >= 4 is 5.97 Å². The number of benzene rings is 1. The first-order valence-corrected chi connectivity index (χ1v) is 8.35. The van der Waals surface area contributed by atoms with Gasteiger partial charge in [-0.2, -0.15) is 0 Å². The number of allylic oxidation sites excluding steroid dienone is 1. The lowest BCUT2D eigenvalue weighted by molar-refractivity contribution is -0.138. The smallest absolute Gasteiger partial charge is 0.330 e. The molecule has 0 saturated carbocycles. The van der Waals surface area contributed by atoms with Crippen LogP contribution in [0.2, 0.25) is 0 Å². The van der Waals surface area contributed by atoms with Gasteiger partial charge in [0, 0.05) is 32.1 Å². The van der Waals surface area contributed by atoms with Crippen molar-refractivity contribution in [2.24, 2.45) is 0 Å².